The molecule has 0 bridgehead atoms. The summed E-state index contributed by atoms with van der Waals surface area (Å²) in [6, 6.07) is 16.8. The maximum atomic E-state index is 13.5. The normalized spacial score (nSPS) is 23.1. The van der Waals surface area contributed by atoms with Gasteiger partial charge in [0.1, 0.15) is 0 Å². The molecule has 5 nitrogen and oxygen atoms in total. The van der Waals surface area contributed by atoms with Crippen molar-refractivity contribution in [3.05, 3.63) is 71.9 Å². The van der Waals surface area contributed by atoms with Crippen LogP contribution in [0, 0.1) is 0 Å². The van der Waals surface area contributed by atoms with Crippen LogP contribution >= 0.6 is 0 Å². The number of allylic oxidation sites excluding steroid dienone is 1. The molecule has 132 valence electrons. The third kappa shape index (κ3) is 2.03. The summed E-state index contributed by atoms with van der Waals surface area (Å²) in [6.45, 7) is 2.08. The number of hydrogen-bond acceptors (Lipinski definition) is 2. The van der Waals surface area contributed by atoms with Crippen molar-refractivity contribution in [1.82, 2.24) is 5.32 Å². The van der Waals surface area contributed by atoms with E-state index >= 15 is 0 Å². The molecule has 1 saturated heterocycles. The lowest BCUT2D eigenvalue weighted by atomic mass is 9.86. The second-order valence-corrected chi connectivity index (χ2v) is 6.60. The number of unbranched alkanes of at least 4 members (excludes halogenated alkanes) is 1. The molecule has 1 N–H and O–H groups in total. The summed E-state index contributed by atoms with van der Waals surface area (Å²) in [6.07, 6.45) is 3.71. The molecule has 2 aromatic carbocycles. The second kappa shape index (κ2) is 6.02. The third-order valence-electron chi connectivity index (χ3n) is 5.09. The highest BCUT2D eigenvalue weighted by Gasteiger charge is 2.62. The van der Waals surface area contributed by atoms with Crippen molar-refractivity contribution in [2.45, 2.75) is 25.3 Å². The van der Waals surface area contributed by atoms with Gasteiger partial charge < -0.3 is 10.2 Å². The molecule has 2 aliphatic heterocycles. The number of benzene rings is 2. The average molecular weight is 347 g/mol. The van der Waals surface area contributed by atoms with Gasteiger partial charge in [-0.3, -0.25) is 9.69 Å². The Hall–Kier alpha value is -3.08. The van der Waals surface area contributed by atoms with Crippen LogP contribution in [0.3, 0.4) is 0 Å². The molecule has 2 heterocycles. The fraction of sp³-hybridized carbons (Fsp3) is 0.238. The number of para-hydroxylation sites is 2. The highest BCUT2D eigenvalue weighted by Crippen LogP contribution is 2.51. The Morgan fingerprint density at radius 3 is 2.46 bits per heavy atom. The second-order valence-electron chi connectivity index (χ2n) is 6.60. The Balaban J connectivity index is 2.02. The van der Waals surface area contributed by atoms with Crippen LogP contribution in [-0.4, -0.2) is 19.0 Å². The Labute approximate surface area is 152 Å². The summed E-state index contributed by atoms with van der Waals surface area (Å²) in [7, 11) is 1.76. The van der Waals surface area contributed by atoms with Crippen LogP contribution in [0.5, 0.6) is 0 Å². The maximum Gasteiger partial charge on any atom is 0.327 e. The zero-order valence-corrected chi connectivity index (χ0v) is 14.9. The highest BCUT2D eigenvalue weighted by atomic mass is 16.2. The molecule has 0 radical (unpaired) electrons. The Bertz CT molecular complexity index is 906. The average Bonchev–Trinajstić information content (AvgIpc) is 3.09. The maximum absolute atomic E-state index is 13.5. The largest absolute Gasteiger partial charge is 0.327 e. The molecule has 3 amide bonds. The van der Waals surface area contributed by atoms with E-state index in [2.05, 4.69) is 12.2 Å². The quantitative estimate of drug-likeness (QED) is 0.919. The zero-order chi connectivity index (χ0) is 18.3. The number of likely N-dealkylation sites (N-methyl/N-ethyl adjacent to an activating group) is 1. The van der Waals surface area contributed by atoms with Crippen LogP contribution in [-0.2, 0) is 10.3 Å². The lowest BCUT2D eigenvalue weighted by Gasteiger charge is -2.33. The molecular weight excluding hydrogens is 326 g/mol. The SMILES string of the molecule is CCC/C=C1\NC(=O)N(c2ccccc2)C12C(=O)N(C)c1ccccc12. The van der Waals surface area contributed by atoms with Gasteiger partial charge in [0.2, 0.25) is 0 Å². The first-order valence-corrected chi connectivity index (χ1v) is 8.87. The summed E-state index contributed by atoms with van der Waals surface area (Å²) in [5.41, 5.74) is 1.84. The zero-order valence-electron chi connectivity index (χ0n) is 14.9. The number of rotatable bonds is 3. The Morgan fingerprint density at radius 2 is 1.73 bits per heavy atom. The van der Waals surface area contributed by atoms with Gasteiger partial charge in [0.15, 0.2) is 5.54 Å². The van der Waals surface area contributed by atoms with Gasteiger partial charge in [-0.1, -0.05) is 55.8 Å². The molecule has 0 saturated carbocycles. The predicted octanol–water partition coefficient (Wildman–Crippen LogP) is 3.77. The smallest absolute Gasteiger partial charge is 0.312 e. The van der Waals surface area contributed by atoms with Gasteiger partial charge in [-0.15, -0.1) is 0 Å². The van der Waals surface area contributed by atoms with Crippen molar-refractivity contribution in [2.75, 3.05) is 16.8 Å². The lowest BCUT2D eigenvalue weighted by molar-refractivity contribution is -0.121. The van der Waals surface area contributed by atoms with Gasteiger partial charge in [-0.25, -0.2) is 4.79 Å². The van der Waals surface area contributed by atoms with E-state index in [4.69, 9.17) is 0 Å². The number of carbonyl (C=O) groups excluding carboxylic acids is 2. The number of carbonyl (C=O) groups is 2. The molecule has 4 rings (SSSR count). The fourth-order valence-electron chi connectivity index (χ4n) is 3.93. The van der Waals surface area contributed by atoms with Crippen molar-refractivity contribution in [3.63, 3.8) is 0 Å². The molecule has 26 heavy (non-hydrogen) atoms. The van der Waals surface area contributed by atoms with Crippen molar-refractivity contribution in [3.8, 4) is 0 Å². The van der Waals surface area contributed by atoms with Crippen LogP contribution < -0.4 is 15.1 Å². The van der Waals surface area contributed by atoms with Crippen molar-refractivity contribution in [2.24, 2.45) is 0 Å². The van der Waals surface area contributed by atoms with E-state index in [9.17, 15) is 9.59 Å². The summed E-state index contributed by atoms with van der Waals surface area (Å²) in [4.78, 5) is 29.8. The molecule has 2 aliphatic rings. The summed E-state index contributed by atoms with van der Waals surface area (Å²) >= 11 is 0. The molecule has 2 aromatic rings. The Morgan fingerprint density at radius 1 is 1.04 bits per heavy atom. The van der Waals surface area contributed by atoms with Crippen molar-refractivity contribution < 1.29 is 9.59 Å². The van der Waals surface area contributed by atoms with E-state index in [1.54, 1.807) is 16.8 Å². The fourth-order valence-corrected chi connectivity index (χ4v) is 3.93. The minimum absolute atomic E-state index is 0.122. The van der Waals surface area contributed by atoms with E-state index in [-0.39, 0.29) is 11.9 Å². The highest BCUT2D eigenvalue weighted by molar-refractivity contribution is 6.19. The first kappa shape index (κ1) is 16.4. The van der Waals surface area contributed by atoms with Gasteiger partial charge in [-0.2, -0.15) is 0 Å². The van der Waals surface area contributed by atoms with E-state index < -0.39 is 5.54 Å². The number of urea groups is 1. The number of anilines is 2. The lowest BCUT2D eigenvalue weighted by Crippen LogP contribution is -2.51. The van der Waals surface area contributed by atoms with E-state index in [0.29, 0.717) is 11.4 Å². The number of nitrogens with zero attached hydrogens (tertiary/aromatic N) is 2. The molecule has 0 aliphatic carbocycles. The molecule has 1 unspecified atom stereocenters. The van der Waals surface area contributed by atoms with Gasteiger partial charge in [0.05, 0.1) is 5.70 Å². The van der Waals surface area contributed by atoms with Crippen LogP contribution in [0.1, 0.15) is 25.3 Å². The third-order valence-corrected chi connectivity index (χ3v) is 5.09. The van der Waals surface area contributed by atoms with E-state index in [1.807, 2.05) is 60.7 Å². The summed E-state index contributed by atoms with van der Waals surface area (Å²) in [5, 5.41) is 2.96. The Kier molecular flexibility index (Phi) is 3.80. The monoisotopic (exact) mass is 347 g/mol. The van der Waals surface area contributed by atoms with E-state index in [0.717, 1.165) is 24.1 Å². The molecular formula is C21H21N3O2. The topological polar surface area (TPSA) is 52.7 Å². The van der Waals surface area contributed by atoms with E-state index in [1.165, 1.54) is 0 Å². The number of nitrogens with one attached hydrogen (secondary N) is 1. The van der Waals surface area contributed by atoms with Gasteiger partial charge >= 0.3 is 6.03 Å². The first-order valence-electron chi connectivity index (χ1n) is 8.87. The van der Waals surface area contributed by atoms with Gasteiger partial charge in [-0.05, 0) is 24.6 Å². The van der Waals surface area contributed by atoms with Gasteiger partial charge in [0.25, 0.3) is 5.91 Å². The van der Waals surface area contributed by atoms with Crippen molar-refractivity contribution >= 4 is 23.3 Å². The standard InChI is InChI=1S/C21H21N3O2/c1-3-4-14-18-21(16-12-8-9-13-17(16)23(2)19(21)25)24(20(26)22-18)15-10-6-5-7-11-15/h5-14H,3-4H2,1-2H3,(H,22,26)/b18-14-. The van der Waals surface area contributed by atoms with Crippen LogP contribution in [0.25, 0.3) is 0 Å². The summed E-state index contributed by atoms with van der Waals surface area (Å²) in [5.74, 6) is -0.122. The molecule has 0 aromatic heterocycles. The van der Waals surface area contributed by atoms with Gasteiger partial charge in [0, 0.05) is 24.0 Å². The minimum Gasteiger partial charge on any atom is -0.312 e. The molecule has 1 fully saturated rings. The number of fused-ring (bicyclic) bond motifs is 2. The van der Waals surface area contributed by atoms with Crippen LogP contribution in [0.2, 0.25) is 0 Å². The molecule has 1 spiro atoms. The predicted molar refractivity (Wildman–Crippen MR) is 102 cm³/mol. The summed E-state index contributed by atoms with van der Waals surface area (Å²) < 4.78 is 0. The minimum atomic E-state index is -1.17. The van der Waals surface area contributed by atoms with Crippen molar-refractivity contribution in [1.29, 1.82) is 0 Å². The van der Waals surface area contributed by atoms with Crippen LogP contribution in [0.4, 0.5) is 16.2 Å². The number of amides is 3. The number of hydrogen-bond donors (Lipinski definition) is 1. The first-order chi connectivity index (χ1) is 12.6. The van der Waals surface area contributed by atoms with Crippen LogP contribution in [0.15, 0.2) is 66.4 Å². The molecule has 1 atom stereocenters. The molecule has 5 heteroatoms.